The Bertz CT molecular complexity index is 629. The molecule has 1 aromatic rings. The smallest absolute Gasteiger partial charge is 0.405 e. The zero-order valence-electron chi connectivity index (χ0n) is 11.8. The summed E-state index contributed by atoms with van der Waals surface area (Å²) >= 11 is 0. The number of nitrogens with one attached hydrogen (secondary N) is 2. The van der Waals surface area contributed by atoms with Crippen molar-refractivity contribution in [3.8, 4) is 0 Å². The van der Waals surface area contributed by atoms with E-state index >= 15 is 0 Å². The van der Waals surface area contributed by atoms with Crippen molar-refractivity contribution in [1.29, 1.82) is 0 Å². The molecule has 0 aromatic heterocycles. The molecule has 0 spiro atoms. The van der Waals surface area contributed by atoms with Gasteiger partial charge in [-0.05, 0) is 18.2 Å². The zero-order chi connectivity index (χ0) is 16.9. The highest BCUT2D eigenvalue weighted by atomic mass is 19.4. The Labute approximate surface area is 129 Å². The molecule has 124 valence electrons. The van der Waals surface area contributed by atoms with E-state index in [0.29, 0.717) is 6.61 Å². The number of alkyl halides is 3. The van der Waals surface area contributed by atoms with Gasteiger partial charge in [0.1, 0.15) is 26.0 Å². The van der Waals surface area contributed by atoms with Crippen molar-refractivity contribution in [2.45, 2.75) is 6.18 Å². The third kappa shape index (κ3) is 5.20. The van der Waals surface area contributed by atoms with E-state index in [-0.39, 0.29) is 23.6 Å². The summed E-state index contributed by atoms with van der Waals surface area (Å²) in [5.74, 6) is -1.50. The SMILES string of the molecule is O=C(Nc1cccc(C(=O)NCC(F)(F)F)c1)C1=COCCO1. The first-order valence-electron chi connectivity index (χ1n) is 6.56. The summed E-state index contributed by atoms with van der Waals surface area (Å²) < 4.78 is 46.3. The monoisotopic (exact) mass is 330 g/mol. The van der Waals surface area contributed by atoms with Crippen LogP contribution >= 0.6 is 0 Å². The minimum absolute atomic E-state index is 0.0122. The Hall–Kier alpha value is -2.71. The lowest BCUT2D eigenvalue weighted by molar-refractivity contribution is -0.123. The molecule has 0 unspecified atom stereocenters. The second-order valence-electron chi connectivity index (χ2n) is 4.53. The van der Waals surface area contributed by atoms with Gasteiger partial charge in [-0.3, -0.25) is 9.59 Å². The maximum atomic E-state index is 12.1. The number of rotatable bonds is 4. The number of amides is 2. The predicted molar refractivity (Wildman–Crippen MR) is 73.4 cm³/mol. The van der Waals surface area contributed by atoms with Gasteiger partial charge in [0.25, 0.3) is 11.8 Å². The van der Waals surface area contributed by atoms with Crippen molar-refractivity contribution in [3.05, 3.63) is 41.9 Å². The summed E-state index contributed by atoms with van der Waals surface area (Å²) in [6.07, 6.45) is -3.33. The number of anilines is 1. The molecule has 1 aromatic carbocycles. The molecule has 1 aliphatic rings. The van der Waals surface area contributed by atoms with Crippen LogP contribution in [0.5, 0.6) is 0 Å². The van der Waals surface area contributed by atoms with E-state index in [4.69, 9.17) is 9.47 Å². The highest BCUT2D eigenvalue weighted by Gasteiger charge is 2.28. The van der Waals surface area contributed by atoms with Crippen LogP contribution in [0.1, 0.15) is 10.4 Å². The largest absolute Gasteiger partial charge is 0.494 e. The van der Waals surface area contributed by atoms with E-state index in [1.807, 2.05) is 0 Å². The Morgan fingerprint density at radius 2 is 1.96 bits per heavy atom. The number of ether oxygens (including phenoxy) is 2. The van der Waals surface area contributed by atoms with E-state index < -0.39 is 24.5 Å². The Kier molecular flexibility index (Phi) is 5.09. The van der Waals surface area contributed by atoms with Gasteiger partial charge in [0.15, 0.2) is 0 Å². The van der Waals surface area contributed by atoms with Gasteiger partial charge < -0.3 is 20.1 Å². The van der Waals surface area contributed by atoms with Gasteiger partial charge in [-0.15, -0.1) is 0 Å². The number of benzene rings is 1. The molecular weight excluding hydrogens is 317 g/mol. The van der Waals surface area contributed by atoms with Crippen LogP contribution in [0.2, 0.25) is 0 Å². The summed E-state index contributed by atoms with van der Waals surface area (Å²) in [7, 11) is 0. The van der Waals surface area contributed by atoms with E-state index in [9.17, 15) is 22.8 Å². The fourth-order valence-electron chi connectivity index (χ4n) is 1.70. The molecule has 1 aliphatic heterocycles. The van der Waals surface area contributed by atoms with Crippen molar-refractivity contribution in [2.24, 2.45) is 0 Å². The molecule has 2 rings (SSSR count). The van der Waals surface area contributed by atoms with Crippen LogP contribution in [0.15, 0.2) is 36.3 Å². The molecule has 0 saturated heterocycles. The van der Waals surface area contributed by atoms with E-state index in [1.165, 1.54) is 30.5 Å². The average molecular weight is 330 g/mol. The normalized spacial score (nSPS) is 14.1. The summed E-state index contributed by atoms with van der Waals surface area (Å²) in [6.45, 7) is -0.856. The minimum atomic E-state index is -4.49. The Morgan fingerprint density at radius 1 is 1.17 bits per heavy atom. The summed E-state index contributed by atoms with van der Waals surface area (Å²) in [4.78, 5) is 23.5. The third-order valence-corrected chi connectivity index (χ3v) is 2.70. The van der Waals surface area contributed by atoms with Gasteiger partial charge in [0.05, 0.1) is 0 Å². The van der Waals surface area contributed by atoms with Gasteiger partial charge in [-0.1, -0.05) is 6.07 Å². The quantitative estimate of drug-likeness (QED) is 0.883. The predicted octanol–water partition coefficient (Wildman–Crippen LogP) is 1.81. The van der Waals surface area contributed by atoms with E-state index in [0.717, 1.165) is 0 Å². The first kappa shape index (κ1) is 16.7. The second-order valence-corrected chi connectivity index (χ2v) is 4.53. The molecule has 0 radical (unpaired) electrons. The molecular formula is C14H13F3N2O4. The van der Waals surface area contributed by atoms with Crippen molar-refractivity contribution >= 4 is 17.5 Å². The molecule has 0 atom stereocenters. The highest BCUT2D eigenvalue weighted by Crippen LogP contribution is 2.15. The molecule has 0 fully saturated rings. The molecule has 6 nitrogen and oxygen atoms in total. The molecule has 0 bridgehead atoms. The fourth-order valence-corrected chi connectivity index (χ4v) is 1.70. The summed E-state index contributed by atoms with van der Waals surface area (Å²) in [6, 6.07) is 5.52. The first-order valence-corrected chi connectivity index (χ1v) is 6.56. The first-order chi connectivity index (χ1) is 10.8. The minimum Gasteiger partial charge on any atom is -0.494 e. The van der Waals surface area contributed by atoms with Gasteiger partial charge in [-0.2, -0.15) is 13.2 Å². The molecule has 1 heterocycles. The van der Waals surface area contributed by atoms with Crippen LogP contribution in [0.4, 0.5) is 18.9 Å². The summed E-state index contributed by atoms with van der Waals surface area (Å²) in [5.41, 5.74) is 0.228. The van der Waals surface area contributed by atoms with Crippen LogP contribution in [-0.4, -0.2) is 37.7 Å². The topological polar surface area (TPSA) is 76.7 Å². The standard InChI is InChI=1S/C14H13F3N2O4/c15-14(16,17)8-18-12(20)9-2-1-3-10(6-9)19-13(21)11-7-22-4-5-23-11/h1-3,6-7H,4-5,8H2,(H,18,20)(H,19,21). The Balaban J connectivity index is 2.00. The number of carbonyl (C=O) groups excluding carboxylic acids is 2. The van der Waals surface area contributed by atoms with Crippen LogP contribution in [0.25, 0.3) is 0 Å². The number of halogens is 3. The van der Waals surface area contributed by atoms with Crippen LogP contribution in [0, 0.1) is 0 Å². The van der Waals surface area contributed by atoms with Crippen molar-refractivity contribution < 1.29 is 32.2 Å². The number of hydrogen-bond donors (Lipinski definition) is 2. The Morgan fingerprint density at radius 3 is 2.61 bits per heavy atom. The molecule has 23 heavy (non-hydrogen) atoms. The lowest BCUT2D eigenvalue weighted by Crippen LogP contribution is -2.33. The average Bonchev–Trinajstić information content (AvgIpc) is 2.53. The molecule has 0 aliphatic carbocycles. The van der Waals surface area contributed by atoms with Crippen molar-refractivity contribution in [3.63, 3.8) is 0 Å². The number of hydrogen-bond acceptors (Lipinski definition) is 4. The molecule has 0 saturated carbocycles. The molecule has 9 heteroatoms. The highest BCUT2D eigenvalue weighted by molar-refractivity contribution is 6.03. The van der Waals surface area contributed by atoms with Crippen LogP contribution < -0.4 is 10.6 Å². The summed E-state index contributed by atoms with van der Waals surface area (Å²) in [5, 5.41) is 4.21. The fraction of sp³-hybridized carbons (Fsp3) is 0.286. The van der Waals surface area contributed by atoms with Crippen LogP contribution in [-0.2, 0) is 14.3 Å². The lowest BCUT2D eigenvalue weighted by Gasteiger charge is -2.15. The van der Waals surface area contributed by atoms with Gasteiger partial charge >= 0.3 is 6.18 Å². The molecule has 2 amide bonds. The van der Waals surface area contributed by atoms with Gasteiger partial charge in [0, 0.05) is 11.3 Å². The number of carbonyl (C=O) groups is 2. The zero-order valence-corrected chi connectivity index (χ0v) is 11.8. The molecule has 2 N–H and O–H groups in total. The second kappa shape index (κ2) is 7.03. The van der Waals surface area contributed by atoms with Gasteiger partial charge in [-0.25, -0.2) is 0 Å². The van der Waals surface area contributed by atoms with E-state index in [2.05, 4.69) is 5.32 Å². The van der Waals surface area contributed by atoms with Crippen molar-refractivity contribution in [2.75, 3.05) is 25.1 Å². The van der Waals surface area contributed by atoms with Crippen LogP contribution in [0.3, 0.4) is 0 Å². The van der Waals surface area contributed by atoms with Crippen molar-refractivity contribution in [1.82, 2.24) is 5.32 Å². The lowest BCUT2D eigenvalue weighted by atomic mass is 10.2. The maximum Gasteiger partial charge on any atom is 0.405 e. The van der Waals surface area contributed by atoms with E-state index in [1.54, 1.807) is 5.32 Å². The maximum absolute atomic E-state index is 12.1. The third-order valence-electron chi connectivity index (χ3n) is 2.70. The van der Waals surface area contributed by atoms with Gasteiger partial charge in [0.2, 0.25) is 5.76 Å².